The van der Waals surface area contributed by atoms with Gasteiger partial charge in [-0.1, -0.05) is 17.8 Å². The Morgan fingerprint density at radius 2 is 2.14 bits per heavy atom. The van der Waals surface area contributed by atoms with Gasteiger partial charge in [0.2, 0.25) is 5.91 Å². The lowest BCUT2D eigenvalue weighted by atomic mass is 9.99. The molecule has 142 valence electrons. The summed E-state index contributed by atoms with van der Waals surface area (Å²) in [6.45, 7) is 1.83. The van der Waals surface area contributed by atoms with E-state index in [4.69, 9.17) is 4.74 Å². The van der Waals surface area contributed by atoms with Crippen molar-refractivity contribution in [3.05, 3.63) is 59.9 Å². The minimum atomic E-state index is -0.244. The number of nitrogens with zero attached hydrogens (tertiary/aromatic N) is 3. The summed E-state index contributed by atoms with van der Waals surface area (Å²) in [7, 11) is 1.61. The Balaban J connectivity index is 1.50. The monoisotopic (exact) mass is 394 g/mol. The molecule has 28 heavy (non-hydrogen) atoms. The number of nitrogens with one attached hydrogen (secondary N) is 1. The van der Waals surface area contributed by atoms with Gasteiger partial charge in [0.05, 0.1) is 24.5 Å². The van der Waals surface area contributed by atoms with Gasteiger partial charge in [-0.15, -0.1) is 10.2 Å². The highest BCUT2D eigenvalue weighted by Crippen LogP contribution is 2.33. The van der Waals surface area contributed by atoms with E-state index in [0.717, 1.165) is 22.7 Å². The van der Waals surface area contributed by atoms with Crippen molar-refractivity contribution in [2.45, 2.75) is 18.0 Å². The molecule has 0 saturated carbocycles. The second-order valence-corrected chi connectivity index (χ2v) is 7.35. The van der Waals surface area contributed by atoms with Crippen LogP contribution in [0.15, 0.2) is 53.9 Å². The van der Waals surface area contributed by atoms with Gasteiger partial charge >= 0.3 is 0 Å². The van der Waals surface area contributed by atoms with E-state index in [1.54, 1.807) is 31.6 Å². The fourth-order valence-corrected chi connectivity index (χ4v) is 3.89. The van der Waals surface area contributed by atoms with Gasteiger partial charge in [-0.3, -0.25) is 14.2 Å². The summed E-state index contributed by atoms with van der Waals surface area (Å²) in [5.41, 5.74) is 3.08. The third-order valence-corrected chi connectivity index (χ3v) is 5.61. The number of hydrogen-bond acceptors (Lipinski definition) is 6. The zero-order chi connectivity index (χ0) is 19.7. The molecule has 0 fully saturated rings. The van der Waals surface area contributed by atoms with Crippen molar-refractivity contribution in [3.8, 4) is 11.4 Å². The highest BCUT2D eigenvalue weighted by molar-refractivity contribution is 7.99. The normalized spacial score (nSPS) is 15.2. The van der Waals surface area contributed by atoms with Gasteiger partial charge in [-0.25, -0.2) is 0 Å². The molecule has 1 atom stereocenters. The maximum Gasteiger partial charge on any atom is 0.231 e. The summed E-state index contributed by atoms with van der Waals surface area (Å²) in [6, 6.07) is 12.9. The van der Waals surface area contributed by atoms with Crippen LogP contribution in [-0.4, -0.2) is 39.3 Å². The van der Waals surface area contributed by atoms with Crippen LogP contribution < -0.4 is 10.1 Å². The van der Waals surface area contributed by atoms with Crippen molar-refractivity contribution in [1.29, 1.82) is 0 Å². The van der Waals surface area contributed by atoms with Crippen LogP contribution in [0.25, 0.3) is 5.69 Å². The second kappa shape index (κ2) is 7.47. The van der Waals surface area contributed by atoms with Crippen molar-refractivity contribution in [1.82, 2.24) is 14.8 Å². The third kappa shape index (κ3) is 3.38. The molecule has 0 radical (unpaired) electrons. The molecule has 2 aromatic carbocycles. The molecule has 8 heteroatoms. The average Bonchev–Trinajstić information content (AvgIpc) is 3.30. The zero-order valence-corrected chi connectivity index (χ0v) is 16.2. The number of Topliss-reactive ketones (excluding diaryl/α,β-unsaturated/α-hetero) is 1. The summed E-state index contributed by atoms with van der Waals surface area (Å²) in [4.78, 5) is 24.5. The molecule has 0 saturated heterocycles. The number of benzene rings is 2. The van der Waals surface area contributed by atoms with Crippen LogP contribution in [0, 0.1) is 0 Å². The predicted molar refractivity (Wildman–Crippen MR) is 106 cm³/mol. The number of amides is 1. The number of methoxy groups -OCH3 is 1. The fourth-order valence-electron chi connectivity index (χ4n) is 3.06. The van der Waals surface area contributed by atoms with Crippen molar-refractivity contribution in [2.24, 2.45) is 0 Å². The number of hydrogen-bond donors (Lipinski definition) is 1. The van der Waals surface area contributed by atoms with Crippen LogP contribution >= 0.6 is 11.8 Å². The number of aromatic nitrogens is 3. The van der Waals surface area contributed by atoms with Crippen molar-refractivity contribution in [2.75, 3.05) is 18.2 Å². The average molecular weight is 394 g/mol. The summed E-state index contributed by atoms with van der Waals surface area (Å²) in [6.07, 6.45) is 1.61. The summed E-state index contributed by atoms with van der Waals surface area (Å²) in [5, 5.41) is 11.5. The lowest BCUT2D eigenvalue weighted by molar-refractivity contribution is -0.116. The molecule has 1 N–H and O–H groups in total. The zero-order valence-electron chi connectivity index (χ0n) is 15.4. The first-order chi connectivity index (χ1) is 13.6. The molecule has 3 aromatic rings. The van der Waals surface area contributed by atoms with E-state index >= 15 is 0 Å². The number of carbonyl (C=O) groups excluding carboxylic acids is 2. The van der Waals surface area contributed by atoms with Crippen LogP contribution in [0.3, 0.4) is 0 Å². The first-order valence-corrected chi connectivity index (χ1v) is 9.70. The van der Waals surface area contributed by atoms with Crippen molar-refractivity contribution < 1.29 is 14.3 Å². The fraction of sp³-hybridized carbons (Fsp3) is 0.200. The van der Waals surface area contributed by atoms with E-state index in [2.05, 4.69) is 15.5 Å². The van der Waals surface area contributed by atoms with Gasteiger partial charge in [0.25, 0.3) is 0 Å². The minimum Gasteiger partial charge on any atom is -0.497 e. The first kappa shape index (κ1) is 18.2. The van der Waals surface area contributed by atoms with Gasteiger partial charge in [-0.2, -0.15) is 0 Å². The van der Waals surface area contributed by atoms with E-state index in [-0.39, 0.29) is 23.4 Å². The Labute approximate surface area is 166 Å². The lowest BCUT2D eigenvalue weighted by Crippen LogP contribution is -2.08. The molecule has 1 aliphatic heterocycles. The molecular formula is C20H18N4O3S. The molecule has 0 bridgehead atoms. The Hall–Kier alpha value is -3.13. The van der Waals surface area contributed by atoms with E-state index in [1.807, 2.05) is 35.8 Å². The number of carbonyl (C=O) groups is 2. The van der Waals surface area contributed by atoms with Gasteiger partial charge in [-0.05, 0) is 42.8 Å². The van der Waals surface area contributed by atoms with Crippen molar-refractivity contribution >= 4 is 29.1 Å². The van der Waals surface area contributed by atoms with E-state index in [9.17, 15) is 9.59 Å². The van der Waals surface area contributed by atoms with Crippen LogP contribution in [0.4, 0.5) is 5.69 Å². The van der Waals surface area contributed by atoms with Crippen LogP contribution in [-0.2, 0) is 4.79 Å². The number of ketones is 1. The molecule has 2 heterocycles. The maximum atomic E-state index is 12.7. The van der Waals surface area contributed by atoms with Gasteiger partial charge < -0.3 is 10.1 Å². The number of rotatable bonds is 6. The third-order valence-electron chi connectivity index (χ3n) is 4.67. The van der Waals surface area contributed by atoms with E-state index in [1.165, 1.54) is 11.8 Å². The molecule has 4 rings (SSSR count). The number of thioether (sulfide) groups is 1. The SMILES string of the molecule is COc1cccc(-n2cnnc2SCC(=O)c2ccc3c(c2)[C@H](C)C(=O)N3)c1. The maximum absolute atomic E-state index is 12.7. The standard InChI is InChI=1S/C20H18N4O3S/c1-12-16-8-13(6-7-17(16)22-19(12)26)18(25)10-28-20-23-21-11-24(20)14-4-3-5-15(9-14)27-2/h3-9,11-12H,10H2,1-2H3,(H,22,26)/t12-/m0/s1. The topological polar surface area (TPSA) is 86.1 Å². The second-order valence-electron chi connectivity index (χ2n) is 6.41. The minimum absolute atomic E-state index is 0.0282. The molecule has 1 amide bonds. The Morgan fingerprint density at radius 3 is 2.96 bits per heavy atom. The number of ether oxygens (including phenoxy) is 1. The molecule has 1 aromatic heterocycles. The molecule has 1 aliphatic rings. The molecule has 0 unspecified atom stereocenters. The smallest absolute Gasteiger partial charge is 0.231 e. The summed E-state index contributed by atoms with van der Waals surface area (Å²) >= 11 is 1.32. The van der Waals surface area contributed by atoms with Gasteiger partial charge in [0, 0.05) is 17.3 Å². The molecular weight excluding hydrogens is 376 g/mol. The van der Waals surface area contributed by atoms with Gasteiger partial charge in [0.1, 0.15) is 12.1 Å². The Bertz CT molecular complexity index is 1060. The molecule has 0 aliphatic carbocycles. The van der Waals surface area contributed by atoms with Crippen LogP contribution in [0.5, 0.6) is 5.75 Å². The first-order valence-electron chi connectivity index (χ1n) is 8.72. The predicted octanol–water partition coefficient (Wildman–Crippen LogP) is 3.31. The van der Waals surface area contributed by atoms with Crippen molar-refractivity contribution in [3.63, 3.8) is 0 Å². The summed E-state index contributed by atoms with van der Waals surface area (Å²) in [5.74, 6) is 0.636. The highest BCUT2D eigenvalue weighted by Gasteiger charge is 2.27. The summed E-state index contributed by atoms with van der Waals surface area (Å²) < 4.78 is 7.07. The van der Waals surface area contributed by atoms with E-state index < -0.39 is 0 Å². The van der Waals surface area contributed by atoms with Crippen LogP contribution in [0.1, 0.15) is 28.8 Å². The lowest BCUT2D eigenvalue weighted by Gasteiger charge is -2.08. The highest BCUT2D eigenvalue weighted by atomic mass is 32.2. The Morgan fingerprint density at radius 1 is 1.29 bits per heavy atom. The molecule has 0 spiro atoms. The van der Waals surface area contributed by atoms with Crippen LogP contribution in [0.2, 0.25) is 0 Å². The molecule has 7 nitrogen and oxygen atoms in total. The van der Waals surface area contributed by atoms with Gasteiger partial charge in [0.15, 0.2) is 10.9 Å². The number of fused-ring (bicyclic) bond motifs is 1. The van der Waals surface area contributed by atoms with E-state index in [0.29, 0.717) is 10.7 Å². The Kier molecular flexibility index (Phi) is 4.87. The quantitative estimate of drug-likeness (QED) is 0.510. The largest absolute Gasteiger partial charge is 0.497 e. The number of anilines is 1.